The molecule has 0 amide bonds. The molecule has 0 N–H and O–H groups in total. The van der Waals surface area contributed by atoms with Crippen molar-refractivity contribution in [2.45, 2.75) is 40.0 Å². The molecular formula is C13H22O2. The third-order valence-electron chi connectivity index (χ3n) is 2.21. The van der Waals surface area contributed by atoms with Crippen molar-refractivity contribution >= 4 is 5.97 Å². The monoisotopic (exact) mass is 210 g/mol. The summed E-state index contributed by atoms with van der Waals surface area (Å²) in [5, 5.41) is 0. The highest BCUT2D eigenvalue weighted by molar-refractivity contribution is 5.68. The van der Waals surface area contributed by atoms with Crippen LogP contribution in [0.2, 0.25) is 0 Å². The van der Waals surface area contributed by atoms with Crippen molar-refractivity contribution in [3.05, 3.63) is 24.3 Å². The predicted octanol–water partition coefficient (Wildman–Crippen LogP) is 3.49. The fraction of sp³-hybridized carbons (Fsp3) is 0.615. The van der Waals surface area contributed by atoms with Crippen molar-refractivity contribution in [1.29, 1.82) is 0 Å². The van der Waals surface area contributed by atoms with E-state index < -0.39 is 0 Å². The molecule has 0 saturated carbocycles. The third-order valence-corrected chi connectivity index (χ3v) is 2.21. The molecule has 0 aromatic carbocycles. The van der Waals surface area contributed by atoms with E-state index in [0.29, 0.717) is 18.9 Å². The van der Waals surface area contributed by atoms with Gasteiger partial charge in [0.05, 0.1) is 6.61 Å². The molecule has 0 rings (SSSR count). The van der Waals surface area contributed by atoms with Gasteiger partial charge in [0.2, 0.25) is 0 Å². The van der Waals surface area contributed by atoms with Crippen molar-refractivity contribution in [1.82, 2.24) is 0 Å². The summed E-state index contributed by atoms with van der Waals surface area (Å²) in [4.78, 5) is 10.8. The lowest BCUT2D eigenvalue weighted by molar-refractivity contribution is -0.143. The highest BCUT2D eigenvalue weighted by Gasteiger charge is 1.98. The second kappa shape index (κ2) is 8.27. The summed E-state index contributed by atoms with van der Waals surface area (Å²) in [5.41, 5.74) is 1.33. The molecule has 15 heavy (non-hydrogen) atoms. The minimum atomic E-state index is -0.125. The van der Waals surface area contributed by atoms with Crippen LogP contribution in [-0.4, -0.2) is 12.6 Å². The van der Waals surface area contributed by atoms with Gasteiger partial charge in [-0.15, -0.1) is 6.58 Å². The number of ether oxygens (including phenoxy) is 1. The van der Waals surface area contributed by atoms with E-state index in [0.717, 1.165) is 12.8 Å². The van der Waals surface area contributed by atoms with Crippen molar-refractivity contribution in [3.8, 4) is 0 Å². The van der Waals surface area contributed by atoms with Crippen LogP contribution in [-0.2, 0) is 9.53 Å². The van der Waals surface area contributed by atoms with Crippen LogP contribution in [0.4, 0.5) is 0 Å². The van der Waals surface area contributed by atoms with E-state index in [1.54, 1.807) is 6.92 Å². The summed E-state index contributed by atoms with van der Waals surface area (Å²) in [6.07, 6.45) is 6.38. The molecule has 0 heterocycles. The fourth-order valence-corrected chi connectivity index (χ4v) is 1.25. The van der Waals surface area contributed by atoms with E-state index in [-0.39, 0.29) is 5.97 Å². The quantitative estimate of drug-likeness (QED) is 0.365. The van der Waals surface area contributed by atoms with Crippen LogP contribution in [0.5, 0.6) is 0 Å². The van der Waals surface area contributed by atoms with E-state index in [1.807, 2.05) is 6.08 Å². The molecule has 2 nitrogen and oxygen atoms in total. The maximum atomic E-state index is 10.8. The molecule has 0 fully saturated rings. The Morgan fingerprint density at radius 2 is 2.20 bits per heavy atom. The summed E-state index contributed by atoms with van der Waals surface area (Å²) in [6, 6.07) is 0. The van der Waals surface area contributed by atoms with E-state index in [1.165, 1.54) is 5.57 Å². The van der Waals surface area contributed by atoms with Gasteiger partial charge in [0, 0.05) is 6.42 Å². The first-order chi connectivity index (χ1) is 7.10. The normalized spacial score (nSPS) is 13.4. The molecule has 1 atom stereocenters. The van der Waals surface area contributed by atoms with E-state index in [4.69, 9.17) is 4.74 Å². The highest BCUT2D eigenvalue weighted by Crippen LogP contribution is 2.11. The molecule has 0 aromatic rings. The number of hydrogen-bond acceptors (Lipinski definition) is 2. The SMILES string of the molecule is C=CC(C)C/C(C)=C/CCOC(=O)CC. The van der Waals surface area contributed by atoms with Gasteiger partial charge in [0.1, 0.15) is 0 Å². The second-order valence-electron chi connectivity index (χ2n) is 3.83. The lowest BCUT2D eigenvalue weighted by Gasteiger charge is -2.06. The average molecular weight is 210 g/mol. The van der Waals surface area contributed by atoms with Crippen LogP contribution in [0.25, 0.3) is 0 Å². The van der Waals surface area contributed by atoms with E-state index in [2.05, 4.69) is 26.5 Å². The Kier molecular flexibility index (Phi) is 7.69. The Bertz CT molecular complexity index is 229. The van der Waals surface area contributed by atoms with Crippen LogP contribution in [0.15, 0.2) is 24.3 Å². The smallest absolute Gasteiger partial charge is 0.305 e. The summed E-state index contributed by atoms with van der Waals surface area (Å²) < 4.78 is 4.97. The Hall–Kier alpha value is -1.05. The van der Waals surface area contributed by atoms with Crippen LogP contribution in [0, 0.1) is 5.92 Å². The van der Waals surface area contributed by atoms with Crippen LogP contribution >= 0.6 is 0 Å². The molecule has 0 radical (unpaired) electrons. The van der Waals surface area contributed by atoms with Gasteiger partial charge >= 0.3 is 5.97 Å². The third kappa shape index (κ3) is 7.98. The zero-order valence-electron chi connectivity index (χ0n) is 10.1. The number of carbonyl (C=O) groups excluding carboxylic acids is 1. The van der Waals surface area contributed by atoms with Gasteiger partial charge in [-0.25, -0.2) is 0 Å². The predicted molar refractivity (Wildman–Crippen MR) is 63.6 cm³/mol. The molecule has 2 heteroatoms. The largest absolute Gasteiger partial charge is 0.465 e. The number of esters is 1. The maximum absolute atomic E-state index is 10.8. The molecule has 0 aromatic heterocycles. The Morgan fingerprint density at radius 3 is 2.73 bits per heavy atom. The van der Waals surface area contributed by atoms with Crippen molar-refractivity contribution < 1.29 is 9.53 Å². The zero-order valence-corrected chi connectivity index (χ0v) is 10.1. The van der Waals surface area contributed by atoms with E-state index in [9.17, 15) is 4.79 Å². The van der Waals surface area contributed by atoms with Crippen LogP contribution in [0.3, 0.4) is 0 Å². The first-order valence-electron chi connectivity index (χ1n) is 5.54. The zero-order chi connectivity index (χ0) is 11.7. The van der Waals surface area contributed by atoms with Crippen LogP contribution < -0.4 is 0 Å². The minimum Gasteiger partial charge on any atom is -0.465 e. The first-order valence-corrected chi connectivity index (χ1v) is 5.54. The number of hydrogen-bond donors (Lipinski definition) is 0. The minimum absolute atomic E-state index is 0.125. The lowest BCUT2D eigenvalue weighted by Crippen LogP contribution is -2.03. The standard InChI is InChI=1S/C13H22O2/c1-5-11(3)10-12(4)8-7-9-15-13(14)6-2/h5,8,11H,1,6-7,9-10H2,2-4H3/b12-8+. The molecule has 1 unspecified atom stereocenters. The Labute approximate surface area is 93.0 Å². The molecular weight excluding hydrogens is 188 g/mol. The molecule has 0 aliphatic heterocycles. The first kappa shape index (κ1) is 13.9. The summed E-state index contributed by atoms with van der Waals surface area (Å²) in [7, 11) is 0. The molecule has 0 saturated heterocycles. The summed E-state index contributed by atoms with van der Waals surface area (Å²) in [5.74, 6) is 0.389. The number of carbonyl (C=O) groups is 1. The lowest BCUT2D eigenvalue weighted by atomic mass is 10.0. The molecule has 0 aliphatic rings. The van der Waals surface area contributed by atoms with Gasteiger partial charge in [-0.05, 0) is 25.7 Å². The number of rotatable bonds is 7. The van der Waals surface area contributed by atoms with Crippen LogP contribution in [0.1, 0.15) is 40.0 Å². The highest BCUT2D eigenvalue weighted by atomic mass is 16.5. The molecule has 0 aliphatic carbocycles. The maximum Gasteiger partial charge on any atom is 0.305 e. The Morgan fingerprint density at radius 1 is 1.53 bits per heavy atom. The molecule has 0 spiro atoms. The van der Waals surface area contributed by atoms with Gasteiger partial charge < -0.3 is 4.74 Å². The topological polar surface area (TPSA) is 26.3 Å². The second-order valence-corrected chi connectivity index (χ2v) is 3.83. The van der Waals surface area contributed by atoms with Gasteiger partial charge in [0.15, 0.2) is 0 Å². The Balaban J connectivity index is 3.67. The van der Waals surface area contributed by atoms with Crippen molar-refractivity contribution in [2.75, 3.05) is 6.61 Å². The van der Waals surface area contributed by atoms with Gasteiger partial charge in [0.25, 0.3) is 0 Å². The molecule has 0 bridgehead atoms. The average Bonchev–Trinajstić information content (AvgIpc) is 2.23. The van der Waals surface area contributed by atoms with Crippen molar-refractivity contribution in [2.24, 2.45) is 5.92 Å². The van der Waals surface area contributed by atoms with Gasteiger partial charge in [-0.3, -0.25) is 4.79 Å². The number of allylic oxidation sites excluding steroid dienone is 2. The van der Waals surface area contributed by atoms with Gasteiger partial charge in [-0.1, -0.05) is 31.6 Å². The molecule has 86 valence electrons. The van der Waals surface area contributed by atoms with E-state index >= 15 is 0 Å². The van der Waals surface area contributed by atoms with Gasteiger partial charge in [-0.2, -0.15) is 0 Å². The van der Waals surface area contributed by atoms with Crippen molar-refractivity contribution in [3.63, 3.8) is 0 Å². The summed E-state index contributed by atoms with van der Waals surface area (Å²) in [6.45, 7) is 10.3. The summed E-state index contributed by atoms with van der Waals surface area (Å²) >= 11 is 0. The fourth-order valence-electron chi connectivity index (χ4n) is 1.25.